The fraction of sp³-hybridized carbons (Fsp3) is 0.133. The number of anilines is 1. The molecule has 0 aliphatic heterocycles. The molecule has 1 aromatic carbocycles. The standard InChI is InChI=1S/C15H14N2O3/c1-9-7-12(15(19)20)3-4-13(9)17-14(18)11-5-6-16-10(2)8-11/h3-8H,1-2H3,(H,17,18)(H,19,20). The van der Waals surface area contributed by atoms with Crippen molar-refractivity contribution in [1.29, 1.82) is 0 Å². The predicted octanol–water partition coefficient (Wildman–Crippen LogP) is 2.65. The van der Waals surface area contributed by atoms with E-state index in [1.54, 1.807) is 31.3 Å². The van der Waals surface area contributed by atoms with Crippen molar-refractivity contribution < 1.29 is 14.7 Å². The van der Waals surface area contributed by atoms with Gasteiger partial charge in [0.1, 0.15) is 0 Å². The summed E-state index contributed by atoms with van der Waals surface area (Å²) < 4.78 is 0. The highest BCUT2D eigenvalue weighted by Crippen LogP contribution is 2.17. The number of benzene rings is 1. The molecule has 20 heavy (non-hydrogen) atoms. The van der Waals surface area contributed by atoms with E-state index in [1.807, 2.05) is 6.92 Å². The number of amides is 1. The average Bonchev–Trinajstić information content (AvgIpc) is 2.40. The maximum atomic E-state index is 12.1. The molecular formula is C15H14N2O3. The van der Waals surface area contributed by atoms with Gasteiger partial charge in [0.05, 0.1) is 5.56 Å². The molecule has 0 fully saturated rings. The Balaban J connectivity index is 2.22. The van der Waals surface area contributed by atoms with E-state index in [4.69, 9.17) is 5.11 Å². The second kappa shape index (κ2) is 5.52. The quantitative estimate of drug-likeness (QED) is 0.898. The molecule has 2 aromatic rings. The minimum absolute atomic E-state index is 0.195. The van der Waals surface area contributed by atoms with Crippen molar-refractivity contribution in [3.63, 3.8) is 0 Å². The number of carbonyl (C=O) groups excluding carboxylic acids is 1. The fourth-order valence-electron chi connectivity index (χ4n) is 1.82. The first-order valence-electron chi connectivity index (χ1n) is 6.05. The zero-order valence-electron chi connectivity index (χ0n) is 11.2. The van der Waals surface area contributed by atoms with Crippen molar-refractivity contribution in [1.82, 2.24) is 4.98 Å². The third-order valence-corrected chi connectivity index (χ3v) is 2.88. The maximum absolute atomic E-state index is 12.1. The third-order valence-electron chi connectivity index (χ3n) is 2.88. The molecule has 2 rings (SSSR count). The highest BCUT2D eigenvalue weighted by atomic mass is 16.4. The molecule has 0 spiro atoms. The number of carboxylic acids is 1. The van der Waals surface area contributed by atoms with Crippen LogP contribution in [0.1, 0.15) is 32.0 Å². The van der Waals surface area contributed by atoms with Gasteiger partial charge < -0.3 is 10.4 Å². The Morgan fingerprint density at radius 2 is 1.85 bits per heavy atom. The average molecular weight is 270 g/mol. The third kappa shape index (κ3) is 3.00. The molecule has 1 heterocycles. The summed E-state index contributed by atoms with van der Waals surface area (Å²) in [6.45, 7) is 3.56. The first-order valence-corrected chi connectivity index (χ1v) is 6.05. The SMILES string of the molecule is Cc1cc(C(=O)Nc2ccc(C(=O)O)cc2C)ccn1. The molecule has 102 valence electrons. The second-order valence-corrected chi connectivity index (χ2v) is 4.47. The number of nitrogens with zero attached hydrogens (tertiary/aromatic N) is 1. The van der Waals surface area contributed by atoms with Crippen molar-refractivity contribution in [3.05, 3.63) is 58.9 Å². The largest absolute Gasteiger partial charge is 0.478 e. The van der Waals surface area contributed by atoms with Gasteiger partial charge in [-0.3, -0.25) is 9.78 Å². The number of aryl methyl sites for hydroxylation is 2. The van der Waals surface area contributed by atoms with E-state index >= 15 is 0 Å². The van der Waals surface area contributed by atoms with Gasteiger partial charge in [-0.15, -0.1) is 0 Å². The minimum atomic E-state index is -0.990. The molecule has 0 bridgehead atoms. The summed E-state index contributed by atoms with van der Waals surface area (Å²) in [5, 5.41) is 11.7. The first-order chi connectivity index (χ1) is 9.47. The topological polar surface area (TPSA) is 79.3 Å². The van der Waals surface area contributed by atoms with Crippen LogP contribution in [0.3, 0.4) is 0 Å². The van der Waals surface area contributed by atoms with Crippen LogP contribution in [0.25, 0.3) is 0 Å². The number of rotatable bonds is 3. The highest BCUT2D eigenvalue weighted by molar-refractivity contribution is 6.04. The molecule has 2 N–H and O–H groups in total. The number of hydrogen-bond acceptors (Lipinski definition) is 3. The molecule has 1 amide bonds. The monoisotopic (exact) mass is 270 g/mol. The van der Waals surface area contributed by atoms with Crippen LogP contribution in [0.15, 0.2) is 36.5 Å². The van der Waals surface area contributed by atoms with Gasteiger partial charge in [-0.1, -0.05) is 0 Å². The lowest BCUT2D eigenvalue weighted by Gasteiger charge is -2.09. The van der Waals surface area contributed by atoms with Crippen LogP contribution >= 0.6 is 0 Å². The van der Waals surface area contributed by atoms with E-state index < -0.39 is 5.97 Å². The van der Waals surface area contributed by atoms with Crippen LogP contribution in [-0.2, 0) is 0 Å². The summed E-state index contributed by atoms with van der Waals surface area (Å²) in [6, 6.07) is 7.89. The van der Waals surface area contributed by atoms with Crippen LogP contribution in [0, 0.1) is 13.8 Å². The van der Waals surface area contributed by atoms with E-state index in [1.165, 1.54) is 12.1 Å². The van der Waals surface area contributed by atoms with Crippen LogP contribution in [-0.4, -0.2) is 22.0 Å². The Hall–Kier alpha value is -2.69. The summed E-state index contributed by atoms with van der Waals surface area (Å²) in [5.41, 5.74) is 2.76. The summed E-state index contributed by atoms with van der Waals surface area (Å²) >= 11 is 0. The highest BCUT2D eigenvalue weighted by Gasteiger charge is 2.10. The predicted molar refractivity (Wildman–Crippen MR) is 75.1 cm³/mol. The minimum Gasteiger partial charge on any atom is -0.478 e. The molecular weight excluding hydrogens is 256 g/mol. The number of nitrogens with one attached hydrogen (secondary N) is 1. The van der Waals surface area contributed by atoms with Crippen molar-refractivity contribution in [2.45, 2.75) is 13.8 Å². The molecule has 0 radical (unpaired) electrons. The van der Waals surface area contributed by atoms with Crippen molar-refractivity contribution in [2.75, 3.05) is 5.32 Å². The van der Waals surface area contributed by atoms with Crippen LogP contribution in [0.4, 0.5) is 5.69 Å². The van der Waals surface area contributed by atoms with Crippen LogP contribution in [0.2, 0.25) is 0 Å². The van der Waals surface area contributed by atoms with Gasteiger partial charge >= 0.3 is 5.97 Å². The Morgan fingerprint density at radius 1 is 1.10 bits per heavy atom. The molecule has 0 saturated carbocycles. The molecule has 0 unspecified atom stereocenters. The molecule has 0 saturated heterocycles. The molecule has 0 atom stereocenters. The Morgan fingerprint density at radius 3 is 2.45 bits per heavy atom. The zero-order valence-corrected chi connectivity index (χ0v) is 11.2. The van der Waals surface area contributed by atoms with Gasteiger partial charge in [-0.05, 0) is 49.7 Å². The van der Waals surface area contributed by atoms with Gasteiger partial charge in [0.2, 0.25) is 0 Å². The van der Waals surface area contributed by atoms with Gasteiger partial charge in [0, 0.05) is 23.1 Å². The zero-order chi connectivity index (χ0) is 14.7. The Bertz CT molecular complexity index is 681. The van der Waals surface area contributed by atoms with Crippen molar-refractivity contribution in [2.24, 2.45) is 0 Å². The van der Waals surface area contributed by atoms with Crippen LogP contribution < -0.4 is 5.32 Å². The van der Waals surface area contributed by atoms with Crippen molar-refractivity contribution in [3.8, 4) is 0 Å². The summed E-state index contributed by atoms with van der Waals surface area (Å²) in [5.74, 6) is -1.24. The number of pyridine rings is 1. The normalized spacial score (nSPS) is 10.1. The Labute approximate surface area is 116 Å². The van der Waals surface area contributed by atoms with Crippen LogP contribution in [0.5, 0.6) is 0 Å². The first kappa shape index (κ1) is 13.7. The summed E-state index contributed by atoms with van der Waals surface area (Å²) in [7, 11) is 0. The van der Waals surface area contributed by atoms with E-state index in [-0.39, 0.29) is 11.5 Å². The fourth-order valence-corrected chi connectivity index (χ4v) is 1.82. The van der Waals surface area contributed by atoms with Gasteiger partial charge in [0.15, 0.2) is 0 Å². The lowest BCUT2D eigenvalue weighted by molar-refractivity contribution is 0.0696. The van der Waals surface area contributed by atoms with Gasteiger partial charge in [-0.2, -0.15) is 0 Å². The molecule has 1 aromatic heterocycles. The lowest BCUT2D eigenvalue weighted by atomic mass is 10.1. The smallest absolute Gasteiger partial charge is 0.335 e. The molecule has 0 aliphatic rings. The number of aromatic nitrogens is 1. The van der Waals surface area contributed by atoms with Crippen molar-refractivity contribution >= 4 is 17.6 Å². The van der Waals surface area contributed by atoms with Gasteiger partial charge in [-0.25, -0.2) is 4.79 Å². The van der Waals surface area contributed by atoms with E-state index in [0.717, 1.165) is 5.69 Å². The van der Waals surface area contributed by atoms with Gasteiger partial charge in [0.25, 0.3) is 5.91 Å². The number of aromatic carboxylic acids is 1. The Kier molecular flexibility index (Phi) is 3.79. The van der Waals surface area contributed by atoms with E-state index in [0.29, 0.717) is 16.8 Å². The second-order valence-electron chi connectivity index (χ2n) is 4.47. The number of carboxylic acid groups (broad SMARTS) is 1. The molecule has 5 nitrogen and oxygen atoms in total. The van der Waals surface area contributed by atoms with E-state index in [9.17, 15) is 9.59 Å². The summed E-state index contributed by atoms with van der Waals surface area (Å²) in [6.07, 6.45) is 1.57. The summed E-state index contributed by atoms with van der Waals surface area (Å²) in [4.78, 5) is 27.0. The van der Waals surface area contributed by atoms with E-state index in [2.05, 4.69) is 10.3 Å². The number of hydrogen-bond donors (Lipinski definition) is 2. The maximum Gasteiger partial charge on any atom is 0.335 e. The number of carbonyl (C=O) groups is 2. The molecule has 5 heteroatoms. The molecule has 0 aliphatic carbocycles. The lowest BCUT2D eigenvalue weighted by Crippen LogP contribution is -2.13.